The zero-order valence-corrected chi connectivity index (χ0v) is 12.7. The third-order valence-corrected chi connectivity index (χ3v) is 3.37. The SMILES string of the molecule is CCCNC(CCc1ccccc1C)COCCC. The van der Waals surface area contributed by atoms with Gasteiger partial charge in [0.2, 0.25) is 0 Å². The van der Waals surface area contributed by atoms with Gasteiger partial charge < -0.3 is 10.1 Å². The van der Waals surface area contributed by atoms with Crippen molar-refractivity contribution in [3.8, 4) is 0 Å². The lowest BCUT2D eigenvalue weighted by Crippen LogP contribution is -2.34. The highest BCUT2D eigenvalue weighted by atomic mass is 16.5. The molecule has 0 heterocycles. The maximum absolute atomic E-state index is 5.70. The van der Waals surface area contributed by atoms with Crippen molar-refractivity contribution in [1.82, 2.24) is 5.32 Å². The first-order valence-electron chi connectivity index (χ1n) is 7.63. The first-order chi connectivity index (χ1) is 9.27. The Morgan fingerprint density at radius 1 is 1.16 bits per heavy atom. The van der Waals surface area contributed by atoms with E-state index < -0.39 is 0 Å². The number of nitrogens with one attached hydrogen (secondary N) is 1. The molecule has 1 N–H and O–H groups in total. The van der Waals surface area contributed by atoms with Gasteiger partial charge in [-0.25, -0.2) is 0 Å². The molecule has 0 fully saturated rings. The third-order valence-electron chi connectivity index (χ3n) is 3.37. The van der Waals surface area contributed by atoms with Gasteiger partial charge in [0.1, 0.15) is 0 Å². The van der Waals surface area contributed by atoms with E-state index in [9.17, 15) is 0 Å². The Morgan fingerprint density at radius 2 is 1.95 bits per heavy atom. The molecule has 1 atom stereocenters. The van der Waals surface area contributed by atoms with Crippen molar-refractivity contribution in [2.75, 3.05) is 19.8 Å². The van der Waals surface area contributed by atoms with Crippen LogP contribution in [0.2, 0.25) is 0 Å². The molecule has 108 valence electrons. The molecule has 0 aliphatic heterocycles. The van der Waals surface area contributed by atoms with E-state index >= 15 is 0 Å². The van der Waals surface area contributed by atoms with Gasteiger partial charge in [-0.3, -0.25) is 0 Å². The fraction of sp³-hybridized carbons (Fsp3) is 0.647. The van der Waals surface area contributed by atoms with Crippen molar-refractivity contribution in [1.29, 1.82) is 0 Å². The monoisotopic (exact) mass is 263 g/mol. The zero-order chi connectivity index (χ0) is 13.9. The molecule has 1 rings (SSSR count). The molecule has 19 heavy (non-hydrogen) atoms. The lowest BCUT2D eigenvalue weighted by Gasteiger charge is -2.19. The Hall–Kier alpha value is -0.860. The number of rotatable bonds is 10. The summed E-state index contributed by atoms with van der Waals surface area (Å²) in [6.45, 7) is 9.33. The molecular weight excluding hydrogens is 234 g/mol. The molecular formula is C17H29NO. The van der Waals surface area contributed by atoms with Crippen LogP contribution >= 0.6 is 0 Å². The van der Waals surface area contributed by atoms with Crippen LogP contribution < -0.4 is 5.32 Å². The van der Waals surface area contributed by atoms with Gasteiger partial charge in [-0.05, 0) is 50.3 Å². The highest BCUT2D eigenvalue weighted by Crippen LogP contribution is 2.11. The average molecular weight is 263 g/mol. The van der Waals surface area contributed by atoms with Crippen molar-refractivity contribution in [3.05, 3.63) is 35.4 Å². The second-order valence-electron chi connectivity index (χ2n) is 5.19. The van der Waals surface area contributed by atoms with Crippen molar-refractivity contribution >= 4 is 0 Å². The minimum atomic E-state index is 0.478. The molecule has 2 nitrogen and oxygen atoms in total. The van der Waals surface area contributed by atoms with Gasteiger partial charge in [0, 0.05) is 12.6 Å². The van der Waals surface area contributed by atoms with Crippen molar-refractivity contribution in [2.45, 2.75) is 52.5 Å². The van der Waals surface area contributed by atoms with E-state index in [1.807, 2.05) is 0 Å². The minimum absolute atomic E-state index is 0.478. The molecule has 0 aromatic heterocycles. The number of ether oxygens (including phenoxy) is 1. The van der Waals surface area contributed by atoms with Gasteiger partial charge >= 0.3 is 0 Å². The van der Waals surface area contributed by atoms with Crippen LogP contribution in [-0.2, 0) is 11.2 Å². The van der Waals surface area contributed by atoms with E-state index in [0.29, 0.717) is 6.04 Å². The number of benzene rings is 1. The van der Waals surface area contributed by atoms with Gasteiger partial charge in [0.15, 0.2) is 0 Å². The van der Waals surface area contributed by atoms with Crippen LogP contribution in [0.5, 0.6) is 0 Å². The molecule has 0 radical (unpaired) electrons. The summed E-state index contributed by atoms with van der Waals surface area (Å²) >= 11 is 0. The lowest BCUT2D eigenvalue weighted by molar-refractivity contribution is 0.109. The topological polar surface area (TPSA) is 21.3 Å². The molecule has 1 unspecified atom stereocenters. The van der Waals surface area contributed by atoms with Crippen LogP contribution in [0, 0.1) is 6.92 Å². The third kappa shape index (κ3) is 6.74. The van der Waals surface area contributed by atoms with Crippen molar-refractivity contribution in [2.24, 2.45) is 0 Å². The van der Waals surface area contributed by atoms with Crippen LogP contribution in [0.3, 0.4) is 0 Å². The van der Waals surface area contributed by atoms with Crippen LogP contribution in [0.1, 0.15) is 44.2 Å². The van der Waals surface area contributed by atoms with E-state index in [1.165, 1.54) is 17.5 Å². The van der Waals surface area contributed by atoms with Crippen LogP contribution in [0.15, 0.2) is 24.3 Å². The van der Waals surface area contributed by atoms with Crippen molar-refractivity contribution < 1.29 is 4.74 Å². The van der Waals surface area contributed by atoms with Crippen LogP contribution in [0.4, 0.5) is 0 Å². The predicted molar refractivity (Wildman–Crippen MR) is 82.7 cm³/mol. The Balaban J connectivity index is 2.40. The largest absolute Gasteiger partial charge is 0.380 e. The Labute approximate surface area is 118 Å². The predicted octanol–water partition coefficient (Wildman–Crippen LogP) is 3.72. The summed E-state index contributed by atoms with van der Waals surface area (Å²) in [5.41, 5.74) is 2.85. The maximum atomic E-state index is 5.70. The van der Waals surface area contributed by atoms with Gasteiger partial charge in [-0.2, -0.15) is 0 Å². The van der Waals surface area contributed by atoms with Crippen LogP contribution in [0.25, 0.3) is 0 Å². The molecule has 0 saturated heterocycles. The lowest BCUT2D eigenvalue weighted by atomic mass is 10.0. The number of aryl methyl sites for hydroxylation is 2. The smallest absolute Gasteiger partial charge is 0.0619 e. The van der Waals surface area contributed by atoms with E-state index in [-0.39, 0.29) is 0 Å². The Kier molecular flexibility index (Phi) is 8.52. The summed E-state index contributed by atoms with van der Waals surface area (Å²) in [7, 11) is 0. The molecule has 0 amide bonds. The average Bonchev–Trinajstić information content (AvgIpc) is 2.43. The standard InChI is InChI=1S/C17H29NO/c1-4-12-18-17(14-19-13-5-2)11-10-16-9-7-6-8-15(16)3/h6-9,17-18H,4-5,10-14H2,1-3H3. The summed E-state index contributed by atoms with van der Waals surface area (Å²) in [6, 6.07) is 9.14. The van der Waals surface area contributed by atoms with Gasteiger partial charge in [-0.1, -0.05) is 38.1 Å². The van der Waals surface area contributed by atoms with Gasteiger partial charge in [-0.15, -0.1) is 0 Å². The highest BCUT2D eigenvalue weighted by molar-refractivity contribution is 5.25. The summed E-state index contributed by atoms with van der Waals surface area (Å²) in [5.74, 6) is 0. The van der Waals surface area contributed by atoms with E-state index in [4.69, 9.17) is 4.74 Å². The van der Waals surface area contributed by atoms with E-state index in [1.54, 1.807) is 0 Å². The summed E-state index contributed by atoms with van der Waals surface area (Å²) < 4.78 is 5.70. The van der Waals surface area contributed by atoms with Gasteiger partial charge in [0.05, 0.1) is 6.61 Å². The molecule has 1 aromatic rings. The minimum Gasteiger partial charge on any atom is -0.380 e. The Bertz CT molecular complexity index is 338. The molecule has 0 bridgehead atoms. The van der Waals surface area contributed by atoms with Crippen LogP contribution in [-0.4, -0.2) is 25.8 Å². The summed E-state index contributed by atoms with van der Waals surface area (Å²) in [5, 5.41) is 3.59. The number of hydrogen-bond acceptors (Lipinski definition) is 2. The molecule has 0 spiro atoms. The fourth-order valence-electron chi connectivity index (χ4n) is 2.18. The van der Waals surface area contributed by atoms with Crippen molar-refractivity contribution in [3.63, 3.8) is 0 Å². The molecule has 0 aliphatic rings. The Morgan fingerprint density at radius 3 is 2.63 bits per heavy atom. The molecule has 1 aromatic carbocycles. The molecule has 0 saturated carbocycles. The molecule has 2 heteroatoms. The van der Waals surface area contributed by atoms with Gasteiger partial charge in [0.25, 0.3) is 0 Å². The number of hydrogen-bond donors (Lipinski definition) is 1. The second kappa shape index (κ2) is 9.99. The summed E-state index contributed by atoms with van der Waals surface area (Å²) in [4.78, 5) is 0. The van der Waals surface area contributed by atoms with E-state index in [0.717, 1.165) is 39.0 Å². The first-order valence-corrected chi connectivity index (χ1v) is 7.63. The van der Waals surface area contributed by atoms with E-state index in [2.05, 4.69) is 50.4 Å². The fourth-order valence-corrected chi connectivity index (χ4v) is 2.18. The second-order valence-corrected chi connectivity index (χ2v) is 5.19. The maximum Gasteiger partial charge on any atom is 0.0619 e. The first kappa shape index (κ1) is 16.2. The molecule has 0 aliphatic carbocycles. The normalized spacial score (nSPS) is 12.6. The quantitative estimate of drug-likeness (QED) is 0.650. The highest BCUT2D eigenvalue weighted by Gasteiger charge is 2.08. The summed E-state index contributed by atoms with van der Waals surface area (Å²) in [6.07, 6.45) is 4.55. The zero-order valence-electron chi connectivity index (χ0n) is 12.7.